The number of nitrogens with two attached hydrogens (primary N) is 1. The summed E-state index contributed by atoms with van der Waals surface area (Å²) in [5, 5.41) is 0. The molecule has 0 fully saturated rings. The van der Waals surface area contributed by atoms with Crippen molar-refractivity contribution >= 4 is 34.2 Å². The van der Waals surface area contributed by atoms with E-state index in [9.17, 15) is 0 Å². The Morgan fingerprint density at radius 1 is 0.682 bits per heavy atom. The monoisotopic (exact) mass is 385 g/mol. The van der Waals surface area contributed by atoms with Crippen molar-refractivity contribution in [3.63, 3.8) is 0 Å². The Labute approximate surface area is 140 Å². The fourth-order valence-electron chi connectivity index (χ4n) is 2.28. The Hall–Kier alpha value is 0.628. The molecule has 0 aromatic rings. The van der Waals surface area contributed by atoms with Crippen LogP contribution in [0.2, 0.25) is 51.9 Å². The van der Waals surface area contributed by atoms with Gasteiger partial charge in [0.05, 0.1) is 0 Å². The average Bonchev–Trinajstić information content (AvgIpc) is 2.33. The van der Waals surface area contributed by atoms with E-state index in [1.165, 1.54) is 0 Å². The molecule has 22 heavy (non-hydrogen) atoms. The van der Waals surface area contributed by atoms with Crippen molar-refractivity contribution in [2.24, 2.45) is 5.73 Å². The second-order valence-electron chi connectivity index (χ2n) is 6.94. The molecule has 0 spiro atoms. The summed E-state index contributed by atoms with van der Waals surface area (Å²) in [6.07, 6.45) is 0.881. The van der Waals surface area contributed by atoms with Gasteiger partial charge in [-0.2, -0.15) is 0 Å². The van der Waals surface area contributed by atoms with Gasteiger partial charge in [-0.3, -0.25) is 0 Å². The van der Waals surface area contributed by atoms with E-state index >= 15 is 0 Å². The smallest absolute Gasteiger partial charge is 0.322 e. The Morgan fingerprint density at radius 2 is 1.09 bits per heavy atom. The maximum absolute atomic E-state index is 6.49. The lowest BCUT2D eigenvalue weighted by molar-refractivity contribution is 0.242. The highest BCUT2D eigenvalue weighted by molar-refractivity contribution is 6.87. The van der Waals surface area contributed by atoms with Crippen molar-refractivity contribution in [1.82, 2.24) is 0 Å². The predicted molar refractivity (Wildman–Crippen MR) is 99.8 cm³/mol. The van der Waals surface area contributed by atoms with E-state index in [0.29, 0.717) is 6.54 Å². The molecule has 0 aliphatic carbocycles. The zero-order valence-corrected chi connectivity index (χ0v) is 19.7. The highest BCUT2D eigenvalue weighted by Gasteiger charge is 2.46. The fraction of sp³-hybridized carbons (Fsp3) is 1.00. The second-order valence-corrected chi connectivity index (χ2v) is 21.4. The van der Waals surface area contributed by atoms with Gasteiger partial charge in [0.25, 0.3) is 0 Å². The van der Waals surface area contributed by atoms with Gasteiger partial charge in [-0.1, -0.05) is 0 Å². The Balaban J connectivity index is 5.11. The Kier molecular flexibility index (Phi) is 8.89. The van der Waals surface area contributed by atoms with Gasteiger partial charge in [-0.05, 0) is 64.8 Å². The number of hydrogen-bond acceptors (Lipinski definition) is 6. The van der Waals surface area contributed by atoms with Crippen molar-refractivity contribution in [2.45, 2.75) is 58.3 Å². The lowest BCUT2D eigenvalue weighted by Gasteiger charge is -2.41. The zero-order chi connectivity index (χ0) is 17.7. The maximum atomic E-state index is 6.49. The molecule has 0 aromatic carbocycles. The third-order valence-corrected chi connectivity index (χ3v) is 17.8. The van der Waals surface area contributed by atoms with Gasteiger partial charge in [0.2, 0.25) is 0 Å². The summed E-state index contributed by atoms with van der Waals surface area (Å²) < 4.78 is 30.1. The van der Waals surface area contributed by atoms with Crippen molar-refractivity contribution in [3.05, 3.63) is 0 Å². The molecule has 0 aliphatic rings. The van der Waals surface area contributed by atoms with Crippen LogP contribution in [0.1, 0.15) is 6.42 Å². The van der Waals surface area contributed by atoms with Gasteiger partial charge in [-0.25, -0.2) is 0 Å². The quantitative estimate of drug-likeness (QED) is 0.551. The Bertz CT molecular complexity index is 343. The van der Waals surface area contributed by atoms with E-state index in [-0.39, 0.29) is 0 Å². The second kappa shape index (κ2) is 8.64. The van der Waals surface area contributed by atoms with Crippen LogP contribution in [-0.2, 0) is 21.2 Å². The lowest BCUT2D eigenvalue weighted by atomic mass is 10.5. The minimum Gasteiger partial charge on any atom is -0.416 e. The van der Waals surface area contributed by atoms with E-state index in [4.69, 9.17) is 26.9 Å². The minimum atomic E-state index is -2.41. The highest BCUT2D eigenvalue weighted by atomic mass is 28.5. The third-order valence-electron chi connectivity index (χ3n) is 3.23. The first-order valence-electron chi connectivity index (χ1n) is 7.71. The van der Waals surface area contributed by atoms with Crippen LogP contribution in [-0.4, -0.2) is 55.0 Å². The number of rotatable bonds is 11. The van der Waals surface area contributed by atoms with Crippen molar-refractivity contribution in [2.75, 3.05) is 20.8 Å². The summed E-state index contributed by atoms with van der Waals surface area (Å²) in [6, 6.07) is 0.845. The lowest BCUT2D eigenvalue weighted by Crippen LogP contribution is -2.58. The summed E-state index contributed by atoms with van der Waals surface area (Å²) in [5.41, 5.74) is 5.68. The van der Waals surface area contributed by atoms with E-state index < -0.39 is 34.2 Å². The topological polar surface area (TPSA) is 72.2 Å². The standard InChI is InChI=1S/C12H35NO5Si4/c1-14-19(3,4)16-21(7,8)18-22(9,12-10-11-13)17-20(5,6)15-2/h10-13H2,1-9H3. The predicted octanol–water partition coefficient (Wildman–Crippen LogP) is 2.86. The first kappa shape index (κ1) is 22.6. The summed E-state index contributed by atoms with van der Waals surface area (Å²) >= 11 is 0. The van der Waals surface area contributed by atoms with Crippen molar-refractivity contribution in [3.8, 4) is 0 Å². The molecule has 134 valence electrons. The largest absolute Gasteiger partial charge is 0.416 e. The molecule has 0 saturated heterocycles. The van der Waals surface area contributed by atoms with E-state index in [1.54, 1.807) is 14.2 Å². The summed E-state index contributed by atoms with van der Waals surface area (Å²) in [4.78, 5) is 0. The molecule has 0 amide bonds. The molecule has 0 radical (unpaired) electrons. The van der Waals surface area contributed by atoms with Crippen LogP contribution < -0.4 is 5.73 Å². The molecule has 6 nitrogen and oxygen atoms in total. The minimum absolute atomic E-state index is 0.630. The van der Waals surface area contributed by atoms with Crippen LogP contribution in [0.25, 0.3) is 0 Å². The molecule has 2 N–H and O–H groups in total. The van der Waals surface area contributed by atoms with Gasteiger partial charge in [0.1, 0.15) is 0 Å². The Morgan fingerprint density at radius 3 is 1.50 bits per heavy atom. The van der Waals surface area contributed by atoms with Gasteiger partial charge >= 0.3 is 34.2 Å². The summed E-state index contributed by atoms with van der Waals surface area (Å²) in [6.45, 7) is 15.0. The normalized spacial score (nSPS) is 16.6. The molecule has 0 aromatic heterocycles. The van der Waals surface area contributed by atoms with Gasteiger partial charge in [-0.15, -0.1) is 0 Å². The van der Waals surface area contributed by atoms with Crippen molar-refractivity contribution in [1.29, 1.82) is 0 Å². The molecule has 0 bridgehead atoms. The van der Waals surface area contributed by atoms with Crippen LogP contribution in [0.3, 0.4) is 0 Å². The average molecular weight is 386 g/mol. The van der Waals surface area contributed by atoms with Gasteiger partial charge < -0.3 is 26.9 Å². The summed E-state index contributed by atoms with van der Waals surface area (Å²) in [5.74, 6) is 0. The fourth-order valence-corrected chi connectivity index (χ4v) is 18.7. The van der Waals surface area contributed by atoms with E-state index in [0.717, 1.165) is 12.5 Å². The maximum Gasteiger partial charge on any atom is 0.322 e. The molecular weight excluding hydrogens is 350 g/mol. The third kappa shape index (κ3) is 9.05. The van der Waals surface area contributed by atoms with Crippen molar-refractivity contribution < 1.29 is 21.2 Å². The molecule has 0 rings (SSSR count). The van der Waals surface area contributed by atoms with Gasteiger partial charge in [0.15, 0.2) is 0 Å². The molecule has 0 aliphatic heterocycles. The molecule has 1 atom stereocenters. The molecule has 1 unspecified atom stereocenters. The zero-order valence-electron chi connectivity index (χ0n) is 15.7. The van der Waals surface area contributed by atoms with Crippen LogP contribution in [0.5, 0.6) is 0 Å². The van der Waals surface area contributed by atoms with Crippen LogP contribution in [0, 0.1) is 0 Å². The molecule has 0 heterocycles. The molecule has 10 heteroatoms. The summed E-state index contributed by atoms with van der Waals surface area (Å²) in [7, 11) is -5.72. The van der Waals surface area contributed by atoms with Crippen LogP contribution in [0.15, 0.2) is 0 Å². The highest BCUT2D eigenvalue weighted by Crippen LogP contribution is 2.27. The molecule has 0 saturated carbocycles. The first-order valence-corrected chi connectivity index (χ1v) is 18.7. The van der Waals surface area contributed by atoms with Crippen LogP contribution >= 0.6 is 0 Å². The van der Waals surface area contributed by atoms with Gasteiger partial charge in [0, 0.05) is 14.2 Å². The van der Waals surface area contributed by atoms with E-state index in [1.807, 2.05) is 26.2 Å². The SMILES string of the molecule is CO[Si](C)(C)O[Si](C)(C)O[Si](C)(CCCN)O[Si](C)(C)OC. The van der Waals surface area contributed by atoms with Crippen LogP contribution in [0.4, 0.5) is 0 Å². The first-order chi connectivity index (χ1) is 9.80. The molecular formula is C12H35NO5Si4. The van der Waals surface area contributed by atoms with E-state index in [2.05, 4.69) is 19.6 Å². The number of hydrogen-bond donors (Lipinski definition) is 1.